The van der Waals surface area contributed by atoms with Crippen LogP contribution in [0.15, 0.2) is 36.4 Å². The Morgan fingerprint density at radius 2 is 1.96 bits per heavy atom. The number of nitrogens with zero attached hydrogens (tertiary/aromatic N) is 3. The van der Waals surface area contributed by atoms with Gasteiger partial charge >= 0.3 is 6.03 Å². The molecular weight excluding hydrogens is 340 g/mol. The lowest BCUT2D eigenvalue weighted by Gasteiger charge is -2.59. The number of aryl methyl sites for hydroxylation is 2. The molecule has 1 atom stereocenters. The number of rotatable bonds is 3. The molecule has 2 aliphatic rings. The van der Waals surface area contributed by atoms with Crippen LogP contribution in [-0.2, 0) is 11.3 Å². The van der Waals surface area contributed by atoms with E-state index in [1.807, 2.05) is 43.0 Å². The van der Waals surface area contributed by atoms with E-state index in [1.54, 1.807) is 0 Å². The molecule has 0 saturated carbocycles. The maximum Gasteiger partial charge on any atom is 0.318 e. The fourth-order valence-electron chi connectivity index (χ4n) is 4.45. The molecule has 2 aromatic rings. The van der Waals surface area contributed by atoms with Gasteiger partial charge in [0, 0.05) is 30.9 Å². The maximum atomic E-state index is 12.9. The topological polar surface area (TPSA) is 67.4 Å². The van der Waals surface area contributed by atoms with E-state index in [9.17, 15) is 4.79 Å². The van der Waals surface area contributed by atoms with E-state index in [4.69, 9.17) is 4.74 Å². The van der Waals surface area contributed by atoms with E-state index >= 15 is 0 Å². The van der Waals surface area contributed by atoms with Crippen molar-refractivity contribution in [3.8, 4) is 0 Å². The van der Waals surface area contributed by atoms with Gasteiger partial charge in [-0.25, -0.2) is 14.8 Å². The third kappa shape index (κ3) is 3.54. The van der Waals surface area contributed by atoms with E-state index in [0.29, 0.717) is 6.54 Å². The summed E-state index contributed by atoms with van der Waals surface area (Å²) in [7, 11) is 0. The molecule has 6 heteroatoms. The summed E-state index contributed by atoms with van der Waals surface area (Å²) >= 11 is 0. The van der Waals surface area contributed by atoms with Crippen LogP contribution in [-0.4, -0.2) is 40.7 Å². The summed E-state index contributed by atoms with van der Waals surface area (Å²) in [5.41, 5.74) is 3.10. The number of carbonyl (C=O) groups excluding carboxylic acids is 1. The van der Waals surface area contributed by atoms with Crippen LogP contribution in [0.25, 0.3) is 0 Å². The molecule has 0 bridgehead atoms. The molecule has 2 fully saturated rings. The molecular formula is C21H26N4O2. The highest BCUT2D eigenvalue weighted by atomic mass is 16.5. The molecule has 2 amide bonds. The van der Waals surface area contributed by atoms with Gasteiger partial charge in [-0.15, -0.1) is 0 Å². The number of aromatic nitrogens is 2. The number of hydrogen-bond donors (Lipinski definition) is 1. The molecule has 1 aromatic heterocycles. The Balaban J connectivity index is 1.49. The van der Waals surface area contributed by atoms with Crippen LogP contribution >= 0.6 is 0 Å². The largest absolute Gasteiger partial charge is 0.381 e. The van der Waals surface area contributed by atoms with Crippen molar-refractivity contribution in [2.24, 2.45) is 5.41 Å². The van der Waals surface area contributed by atoms with Gasteiger partial charge in [0.25, 0.3) is 0 Å². The van der Waals surface area contributed by atoms with Gasteiger partial charge in [-0.2, -0.15) is 0 Å². The number of amides is 2. The summed E-state index contributed by atoms with van der Waals surface area (Å²) in [6.45, 7) is 6.56. The molecule has 6 nitrogen and oxygen atoms in total. The van der Waals surface area contributed by atoms with E-state index in [2.05, 4.69) is 27.4 Å². The number of likely N-dealkylation sites (tertiary alicyclic amines) is 1. The third-order valence-electron chi connectivity index (χ3n) is 5.68. The normalized spacial score (nSPS) is 21.0. The van der Waals surface area contributed by atoms with Gasteiger partial charge in [0.2, 0.25) is 0 Å². The van der Waals surface area contributed by atoms with Gasteiger partial charge in [0.15, 0.2) is 0 Å². The minimum atomic E-state index is -0.0325. The van der Waals surface area contributed by atoms with Gasteiger partial charge in [-0.3, -0.25) is 0 Å². The second kappa shape index (κ2) is 7.27. The SMILES string of the molecule is Cc1cc(CNC(=O)N2CC3(CCOCC3)C2c2ccccc2)nc(C)n1. The second-order valence-electron chi connectivity index (χ2n) is 7.62. The van der Waals surface area contributed by atoms with Crippen LogP contribution in [0.1, 0.15) is 41.7 Å². The average molecular weight is 366 g/mol. The van der Waals surface area contributed by atoms with Gasteiger partial charge in [-0.05, 0) is 38.3 Å². The Hall–Kier alpha value is -2.47. The van der Waals surface area contributed by atoms with Gasteiger partial charge in [0.1, 0.15) is 5.82 Å². The number of ether oxygens (including phenoxy) is 1. The Morgan fingerprint density at radius 1 is 1.22 bits per heavy atom. The van der Waals surface area contributed by atoms with Crippen molar-refractivity contribution in [3.63, 3.8) is 0 Å². The Labute approximate surface area is 160 Å². The highest BCUT2D eigenvalue weighted by Crippen LogP contribution is 2.54. The van der Waals surface area contributed by atoms with Gasteiger partial charge in [-0.1, -0.05) is 30.3 Å². The van der Waals surface area contributed by atoms with E-state index < -0.39 is 0 Å². The lowest BCUT2D eigenvalue weighted by molar-refractivity contribution is -0.111. The van der Waals surface area contributed by atoms with Crippen molar-refractivity contribution in [2.45, 2.75) is 39.3 Å². The highest BCUT2D eigenvalue weighted by molar-refractivity contribution is 5.76. The summed E-state index contributed by atoms with van der Waals surface area (Å²) in [5, 5.41) is 3.04. The zero-order chi connectivity index (χ0) is 18.9. The van der Waals surface area contributed by atoms with Crippen molar-refractivity contribution in [2.75, 3.05) is 19.8 Å². The fraction of sp³-hybridized carbons (Fsp3) is 0.476. The first kappa shape index (κ1) is 17.9. The Kier molecular flexibility index (Phi) is 4.83. The van der Waals surface area contributed by atoms with E-state index in [-0.39, 0.29) is 17.5 Å². The lowest BCUT2D eigenvalue weighted by Crippen LogP contribution is -2.64. The lowest BCUT2D eigenvalue weighted by atomic mass is 9.64. The average Bonchev–Trinajstić information content (AvgIpc) is 2.65. The molecule has 2 saturated heterocycles. The summed E-state index contributed by atoms with van der Waals surface area (Å²) in [6, 6.07) is 12.3. The monoisotopic (exact) mass is 366 g/mol. The maximum absolute atomic E-state index is 12.9. The summed E-state index contributed by atoms with van der Waals surface area (Å²) in [4.78, 5) is 23.6. The van der Waals surface area contributed by atoms with Crippen LogP contribution < -0.4 is 5.32 Å². The smallest absolute Gasteiger partial charge is 0.318 e. The third-order valence-corrected chi connectivity index (χ3v) is 5.68. The van der Waals surface area contributed by atoms with Crippen LogP contribution in [0, 0.1) is 19.3 Å². The fourth-order valence-corrected chi connectivity index (χ4v) is 4.45. The number of benzene rings is 1. The van der Waals surface area contributed by atoms with E-state index in [0.717, 1.165) is 49.8 Å². The zero-order valence-corrected chi connectivity index (χ0v) is 15.9. The van der Waals surface area contributed by atoms with Crippen molar-refractivity contribution in [1.82, 2.24) is 20.2 Å². The molecule has 1 aromatic carbocycles. The van der Waals surface area contributed by atoms with E-state index in [1.165, 1.54) is 5.56 Å². The highest BCUT2D eigenvalue weighted by Gasteiger charge is 2.55. The number of carbonyl (C=O) groups is 1. The molecule has 1 N–H and O–H groups in total. The Morgan fingerprint density at radius 3 is 2.67 bits per heavy atom. The molecule has 2 aliphatic heterocycles. The number of hydrogen-bond acceptors (Lipinski definition) is 4. The second-order valence-corrected chi connectivity index (χ2v) is 7.62. The number of urea groups is 1. The first-order chi connectivity index (χ1) is 13.1. The van der Waals surface area contributed by atoms with Crippen LogP contribution in [0.4, 0.5) is 4.79 Å². The molecule has 1 unspecified atom stereocenters. The molecule has 27 heavy (non-hydrogen) atoms. The predicted octanol–water partition coefficient (Wildman–Crippen LogP) is 3.16. The van der Waals surface area contributed by atoms with Crippen molar-refractivity contribution < 1.29 is 9.53 Å². The van der Waals surface area contributed by atoms with Gasteiger partial charge < -0.3 is 15.0 Å². The molecule has 3 heterocycles. The van der Waals surface area contributed by atoms with Crippen LogP contribution in [0.5, 0.6) is 0 Å². The minimum absolute atomic E-state index is 0.0325. The molecule has 4 rings (SSSR count). The van der Waals surface area contributed by atoms with Crippen molar-refractivity contribution in [3.05, 3.63) is 59.2 Å². The molecule has 142 valence electrons. The Bertz CT molecular complexity index is 798. The molecule has 1 spiro atoms. The standard InChI is InChI=1S/C21H26N4O2/c1-15-12-18(24-16(2)23-15)13-22-20(26)25-14-21(8-10-27-11-9-21)19(25)17-6-4-3-5-7-17/h3-7,12,19H,8-11,13-14H2,1-2H3,(H,22,26). The molecule has 0 radical (unpaired) electrons. The molecule has 0 aliphatic carbocycles. The van der Waals surface area contributed by atoms with Crippen LogP contribution in [0.3, 0.4) is 0 Å². The van der Waals surface area contributed by atoms with Crippen LogP contribution in [0.2, 0.25) is 0 Å². The summed E-state index contributed by atoms with van der Waals surface area (Å²) < 4.78 is 5.58. The minimum Gasteiger partial charge on any atom is -0.381 e. The van der Waals surface area contributed by atoms with Crippen molar-refractivity contribution >= 4 is 6.03 Å². The number of nitrogens with one attached hydrogen (secondary N) is 1. The summed E-state index contributed by atoms with van der Waals surface area (Å²) in [6.07, 6.45) is 2.00. The van der Waals surface area contributed by atoms with Crippen molar-refractivity contribution in [1.29, 1.82) is 0 Å². The van der Waals surface area contributed by atoms with Gasteiger partial charge in [0.05, 0.1) is 18.3 Å². The summed E-state index contributed by atoms with van der Waals surface area (Å²) in [5.74, 6) is 0.728. The first-order valence-corrected chi connectivity index (χ1v) is 9.56. The quantitative estimate of drug-likeness (QED) is 0.906. The predicted molar refractivity (Wildman–Crippen MR) is 102 cm³/mol. The first-order valence-electron chi connectivity index (χ1n) is 9.56. The zero-order valence-electron chi connectivity index (χ0n) is 15.9.